The molecule has 0 aromatic heterocycles. The molecular weight excluding hydrogens is 1190 g/mol. The molecule has 14 nitrogen and oxygen atoms in total. The summed E-state index contributed by atoms with van der Waals surface area (Å²) in [6, 6.07) is -0.970. The minimum atomic E-state index is -1.81. The van der Waals surface area contributed by atoms with Crippen molar-refractivity contribution in [1.82, 2.24) is 5.32 Å². The number of nitrogens with one attached hydrogen (secondary N) is 1. The highest BCUT2D eigenvalue weighted by Crippen LogP contribution is 2.30. The highest BCUT2D eigenvalue weighted by atomic mass is 16.7. The summed E-state index contributed by atoms with van der Waals surface area (Å²) < 4.78 is 22.8. The Morgan fingerprint density at radius 3 is 1.16 bits per heavy atom. The van der Waals surface area contributed by atoms with Crippen molar-refractivity contribution >= 4 is 5.91 Å². The maximum atomic E-state index is 13.3. The second-order valence-corrected chi connectivity index (χ2v) is 25.7. The second-order valence-electron chi connectivity index (χ2n) is 25.7. The largest absolute Gasteiger partial charge is 0.394 e. The highest BCUT2D eigenvalue weighted by molar-refractivity contribution is 5.76. The Labute approximate surface area is 576 Å². The zero-order valence-corrected chi connectivity index (χ0v) is 59.1. The molecule has 0 radical (unpaired) electrons. The molecule has 0 aromatic carbocycles. The van der Waals surface area contributed by atoms with E-state index in [4.69, 9.17) is 18.9 Å². The zero-order valence-electron chi connectivity index (χ0n) is 59.1. The van der Waals surface area contributed by atoms with E-state index in [0.29, 0.717) is 12.8 Å². The standard InChI is InChI=1S/C81H135NO13/c1-3-5-7-9-11-13-15-17-19-21-23-25-27-29-31-33-35-37-39-41-43-45-47-49-51-53-55-57-59-61-63-65-73(86)82-69(68-92-80-78(91)76(89)79(72(67-84)94-80)95-81-77(90)75(88)74(87)71(66-83)93-81)70(85)64-62-60-58-56-54-52-50-48-46-44-42-40-38-36-34-32-30-28-26-24-22-20-18-16-14-12-10-8-6-4-2/h5,7,11,13,17,19,23,25,29,31,35,37,41,43,46-49,53-56,62,64,69-72,74-81,83-85,87-91H,3-4,6,8-10,12,14-16,18,20-22,24,26-28,30,32-34,36,38-40,42,44-45,50-52,57-61,63,65-68H2,1-2H3,(H,82,86)/b7-5-,13-11-,19-17-,25-23-,31-29-,37-35-,43-41-,48-46+,49-47-,55-53-,56-54+,64-62+. The highest BCUT2D eigenvalue weighted by Gasteiger charge is 2.51. The summed E-state index contributed by atoms with van der Waals surface area (Å²) in [7, 11) is 0. The molecular formula is C81H135NO13. The third-order valence-corrected chi connectivity index (χ3v) is 17.2. The molecule has 2 saturated heterocycles. The third kappa shape index (κ3) is 46.7. The summed E-state index contributed by atoms with van der Waals surface area (Å²) in [5, 5.41) is 87.5. The third-order valence-electron chi connectivity index (χ3n) is 17.2. The van der Waals surface area contributed by atoms with E-state index in [0.717, 1.165) is 103 Å². The quantitative estimate of drug-likeness (QED) is 0.0204. The molecule has 542 valence electrons. The molecule has 0 saturated carbocycles. The van der Waals surface area contributed by atoms with Crippen molar-refractivity contribution in [2.75, 3.05) is 19.8 Å². The molecule has 2 aliphatic rings. The van der Waals surface area contributed by atoms with Gasteiger partial charge >= 0.3 is 0 Å². The second kappa shape index (κ2) is 63.3. The van der Waals surface area contributed by atoms with Crippen LogP contribution in [0.25, 0.3) is 0 Å². The first-order chi connectivity index (χ1) is 46.6. The van der Waals surface area contributed by atoms with Crippen LogP contribution in [0.3, 0.4) is 0 Å². The van der Waals surface area contributed by atoms with Crippen LogP contribution in [-0.2, 0) is 23.7 Å². The molecule has 0 spiro atoms. The van der Waals surface area contributed by atoms with Crippen LogP contribution < -0.4 is 5.32 Å². The van der Waals surface area contributed by atoms with Crippen molar-refractivity contribution in [1.29, 1.82) is 0 Å². The Bertz CT molecular complexity index is 2160. The lowest BCUT2D eigenvalue weighted by Gasteiger charge is -2.46. The first kappa shape index (κ1) is 87.0. The van der Waals surface area contributed by atoms with Crippen molar-refractivity contribution in [3.63, 3.8) is 0 Å². The summed E-state index contributed by atoms with van der Waals surface area (Å²) in [6.07, 6.45) is 79.1. The van der Waals surface area contributed by atoms with Crippen LogP contribution in [0.15, 0.2) is 146 Å². The van der Waals surface area contributed by atoms with Gasteiger partial charge in [-0.1, -0.05) is 288 Å². The topological polar surface area (TPSA) is 228 Å². The van der Waals surface area contributed by atoms with E-state index in [1.54, 1.807) is 6.08 Å². The van der Waals surface area contributed by atoms with Crippen LogP contribution in [0.1, 0.15) is 264 Å². The number of rotatable bonds is 60. The van der Waals surface area contributed by atoms with E-state index < -0.39 is 86.8 Å². The van der Waals surface area contributed by atoms with Gasteiger partial charge in [0.15, 0.2) is 12.6 Å². The van der Waals surface area contributed by atoms with Gasteiger partial charge in [0.05, 0.1) is 32.0 Å². The van der Waals surface area contributed by atoms with Gasteiger partial charge in [-0.15, -0.1) is 0 Å². The summed E-state index contributed by atoms with van der Waals surface area (Å²) in [6.45, 7) is 2.65. The van der Waals surface area contributed by atoms with Crippen LogP contribution in [0.5, 0.6) is 0 Å². The van der Waals surface area contributed by atoms with E-state index in [1.165, 1.54) is 128 Å². The van der Waals surface area contributed by atoms with E-state index >= 15 is 0 Å². The minimum Gasteiger partial charge on any atom is -0.394 e. The molecule has 12 atom stereocenters. The number of allylic oxidation sites excluding steroid dienone is 23. The van der Waals surface area contributed by atoms with Crippen molar-refractivity contribution in [2.24, 2.45) is 0 Å². The Balaban J connectivity index is 1.72. The van der Waals surface area contributed by atoms with Crippen molar-refractivity contribution < 1.29 is 64.6 Å². The molecule has 0 aromatic rings. The number of carbonyl (C=O) groups excluding carboxylic acids is 1. The maximum absolute atomic E-state index is 13.3. The maximum Gasteiger partial charge on any atom is 0.220 e. The zero-order chi connectivity index (χ0) is 68.7. The number of aliphatic hydroxyl groups excluding tert-OH is 8. The van der Waals surface area contributed by atoms with E-state index in [-0.39, 0.29) is 18.9 Å². The van der Waals surface area contributed by atoms with Crippen LogP contribution in [0.4, 0.5) is 0 Å². The lowest BCUT2D eigenvalue weighted by Crippen LogP contribution is -2.65. The molecule has 9 N–H and O–H groups in total. The van der Waals surface area contributed by atoms with Gasteiger partial charge in [0, 0.05) is 6.42 Å². The van der Waals surface area contributed by atoms with Gasteiger partial charge in [0.1, 0.15) is 48.8 Å². The molecule has 2 rings (SSSR count). The summed E-state index contributed by atoms with van der Waals surface area (Å²) in [5.41, 5.74) is 0. The van der Waals surface area contributed by atoms with Gasteiger partial charge in [0.25, 0.3) is 0 Å². The van der Waals surface area contributed by atoms with Crippen LogP contribution in [-0.4, -0.2) is 140 Å². The predicted octanol–water partition coefficient (Wildman–Crippen LogP) is 16.4. The van der Waals surface area contributed by atoms with E-state index in [9.17, 15) is 45.6 Å². The number of unbranched alkanes of at least 4 members (excludes halogenated alkanes) is 25. The lowest BCUT2D eigenvalue weighted by molar-refractivity contribution is -0.359. The fourth-order valence-electron chi connectivity index (χ4n) is 11.3. The molecule has 2 aliphatic heterocycles. The fraction of sp³-hybridized carbons (Fsp3) is 0.691. The molecule has 14 heteroatoms. The Morgan fingerprint density at radius 2 is 0.737 bits per heavy atom. The summed E-state index contributed by atoms with van der Waals surface area (Å²) in [5.74, 6) is -0.290. The average molecular weight is 1330 g/mol. The van der Waals surface area contributed by atoms with Crippen LogP contribution in [0.2, 0.25) is 0 Å². The molecule has 2 heterocycles. The Hall–Kier alpha value is -4.13. The molecule has 2 fully saturated rings. The SMILES string of the molecule is CC/C=C\C/C=C\C/C=C\C/C=C\C/C=C\C/C=C\C/C=C\C/C=C\C/C=C\CCCCCC(=O)NC(COC1OC(CO)C(OC2OC(CO)C(O)C(O)C2O)C(O)C1O)C(O)/C=C/CC/C=C/CC/C=C/CCCCCCCCCCCCCCCCCCCCCC. The van der Waals surface area contributed by atoms with Crippen molar-refractivity contribution in [3.8, 4) is 0 Å². The first-order valence-corrected chi connectivity index (χ1v) is 37.6. The van der Waals surface area contributed by atoms with Gasteiger partial charge in [-0.25, -0.2) is 0 Å². The number of carbonyl (C=O) groups is 1. The van der Waals surface area contributed by atoms with Crippen LogP contribution in [0, 0.1) is 0 Å². The molecule has 12 unspecified atom stereocenters. The lowest BCUT2D eigenvalue weighted by atomic mass is 9.97. The number of amides is 1. The number of hydrogen-bond acceptors (Lipinski definition) is 13. The molecule has 95 heavy (non-hydrogen) atoms. The van der Waals surface area contributed by atoms with Gasteiger partial charge < -0.3 is 65.1 Å². The summed E-state index contributed by atoms with van der Waals surface area (Å²) >= 11 is 0. The van der Waals surface area contributed by atoms with Gasteiger partial charge in [-0.05, 0) is 116 Å². The van der Waals surface area contributed by atoms with Crippen molar-refractivity contribution in [3.05, 3.63) is 146 Å². The average Bonchev–Trinajstić information content (AvgIpc) is 0.801. The first-order valence-electron chi connectivity index (χ1n) is 37.6. The number of ether oxygens (including phenoxy) is 4. The van der Waals surface area contributed by atoms with Crippen molar-refractivity contribution in [2.45, 2.75) is 338 Å². The minimum absolute atomic E-state index is 0.220. The number of hydrogen-bond donors (Lipinski definition) is 9. The Morgan fingerprint density at radius 1 is 0.389 bits per heavy atom. The number of aliphatic hydroxyl groups is 8. The van der Waals surface area contributed by atoms with E-state index in [2.05, 4.69) is 153 Å². The van der Waals surface area contributed by atoms with Gasteiger partial charge in [0.2, 0.25) is 5.91 Å². The monoisotopic (exact) mass is 1330 g/mol. The normalized spacial score (nSPS) is 23.2. The molecule has 0 aliphatic carbocycles. The van der Waals surface area contributed by atoms with Crippen LogP contribution >= 0.6 is 0 Å². The molecule has 1 amide bonds. The summed E-state index contributed by atoms with van der Waals surface area (Å²) in [4.78, 5) is 13.3. The fourth-order valence-corrected chi connectivity index (χ4v) is 11.3. The predicted molar refractivity (Wildman–Crippen MR) is 391 cm³/mol. The smallest absolute Gasteiger partial charge is 0.220 e. The van der Waals surface area contributed by atoms with Gasteiger partial charge in [-0.2, -0.15) is 0 Å². The van der Waals surface area contributed by atoms with Gasteiger partial charge in [-0.3, -0.25) is 4.79 Å². The Kier molecular flexibility index (Phi) is 58.0. The van der Waals surface area contributed by atoms with E-state index in [1.807, 2.05) is 6.08 Å². The molecule has 0 bridgehead atoms.